The number of alkyl carbamates (subject to hydrolysis) is 1. The third-order valence-electron chi connectivity index (χ3n) is 6.55. The number of nitrogens with zero attached hydrogens (tertiary/aromatic N) is 1. The van der Waals surface area contributed by atoms with E-state index >= 15 is 0 Å². The van der Waals surface area contributed by atoms with Gasteiger partial charge in [0.05, 0.1) is 17.8 Å². The van der Waals surface area contributed by atoms with Crippen molar-refractivity contribution in [2.75, 3.05) is 6.54 Å². The van der Waals surface area contributed by atoms with Crippen LogP contribution in [0.3, 0.4) is 0 Å². The maximum absolute atomic E-state index is 13.6. The Morgan fingerprint density at radius 2 is 1.79 bits per heavy atom. The molecule has 1 unspecified atom stereocenters. The molecule has 11 heteroatoms. The van der Waals surface area contributed by atoms with Gasteiger partial charge in [-0.25, -0.2) is 4.79 Å². The summed E-state index contributed by atoms with van der Waals surface area (Å²) in [6, 6.07) is 8.37. The first-order valence-corrected chi connectivity index (χ1v) is 14.4. The summed E-state index contributed by atoms with van der Waals surface area (Å²) < 4.78 is 11.3. The molecule has 42 heavy (non-hydrogen) atoms. The van der Waals surface area contributed by atoms with Gasteiger partial charge in [-0.3, -0.25) is 14.4 Å². The van der Waals surface area contributed by atoms with Crippen molar-refractivity contribution in [3.63, 3.8) is 0 Å². The third-order valence-corrected chi connectivity index (χ3v) is 6.55. The minimum absolute atomic E-state index is 0.0184. The highest BCUT2D eigenvalue weighted by Gasteiger charge is 2.35. The highest BCUT2D eigenvalue weighted by atomic mass is 16.6. The van der Waals surface area contributed by atoms with Gasteiger partial charge in [-0.15, -0.1) is 0 Å². The Labute approximate surface area is 248 Å². The van der Waals surface area contributed by atoms with Gasteiger partial charge < -0.3 is 30.7 Å². The molecule has 230 valence electrons. The Balaban J connectivity index is 2.18. The van der Waals surface area contributed by atoms with E-state index in [0.717, 1.165) is 5.56 Å². The lowest BCUT2D eigenvalue weighted by atomic mass is 9.97. The number of hydrogen-bond donors (Lipinski definition) is 4. The molecule has 1 aromatic rings. The summed E-state index contributed by atoms with van der Waals surface area (Å²) in [4.78, 5) is 51.9. The number of nitriles is 1. The fourth-order valence-corrected chi connectivity index (χ4v) is 4.68. The molecule has 1 heterocycles. The van der Waals surface area contributed by atoms with Crippen LogP contribution in [0.5, 0.6) is 0 Å². The average molecular weight is 584 g/mol. The van der Waals surface area contributed by atoms with Gasteiger partial charge >= 0.3 is 6.09 Å². The summed E-state index contributed by atoms with van der Waals surface area (Å²) >= 11 is 0. The van der Waals surface area contributed by atoms with Crippen LogP contribution in [0, 0.1) is 23.2 Å². The van der Waals surface area contributed by atoms with Crippen molar-refractivity contribution >= 4 is 23.8 Å². The van der Waals surface area contributed by atoms with E-state index in [4.69, 9.17) is 14.7 Å². The van der Waals surface area contributed by atoms with Crippen LogP contribution in [0.15, 0.2) is 42.5 Å². The van der Waals surface area contributed by atoms with Crippen LogP contribution in [0.2, 0.25) is 0 Å². The summed E-state index contributed by atoms with van der Waals surface area (Å²) in [5, 5.41) is 20.1. The van der Waals surface area contributed by atoms with Crippen LogP contribution in [-0.2, 0) is 30.5 Å². The first-order valence-electron chi connectivity index (χ1n) is 14.4. The summed E-state index contributed by atoms with van der Waals surface area (Å²) in [5.74, 6) is -1.41. The van der Waals surface area contributed by atoms with Crippen molar-refractivity contribution in [3.05, 3.63) is 48.0 Å². The topological polar surface area (TPSA) is 159 Å². The molecular formula is C31H45N5O6. The van der Waals surface area contributed by atoms with Crippen LogP contribution < -0.4 is 21.3 Å². The first kappa shape index (κ1) is 34.3. The molecule has 1 aromatic carbocycles. The zero-order chi connectivity index (χ0) is 31.3. The molecule has 0 radical (unpaired) electrons. The number of carbonyl (C=O) groups is 4. The summed E-state index contributed by atoms with van der Waals surface area (Å²) in [5.41, 5.74) is 0.172. The molecule has 11 nitrogen and oxygen atoms in total. The second-order valence-corrected chi connectivity index (χ2v) is 11.9. The van der Waals surface area contributed by atoms with E-state index in [9.17, 15) is 19.2 Å². The second kappa shape index (κ2) is 16.5. The van der Waals surface area contributed by atoms with Gasteiger partial charge in [0.2, 0.25) is 17.7 Å². The van der Waals surface area contributed by atoms with Crippen molar-refractivity contribution in [3.8, 4) is 6.07 Å². The van der Waals surface area contributed by atoms with E-state index in [0.29, 0.717) is 25.8 Å². The monoisotopic (exact) mass is 583 g/mol. The predicted octanol–water partition coefficient (Wildman–Crippen LogP) is 3.11. The number of ether oxygens (including phenoxy) is 2. The number of benzene rings is 1. The second-order valence-electron chi connectivity index (χ2n) is 11.9. The van der Waals surface area contributed by atoms with Crippen LogP contribution >= 0.6 is 0 Å². The van der Waals surface area contributed by atoms with E-state index < -0.39 is 47.7 Å². The number of carbonyl (C=O) groups excluding carboxylic acids is 4. The van der Waals surface area contributed by atoms with Gasteiger partial charge in [-0.05, 0) is 58.4 Å². The van der Waals surface area contributed by atoms with Crippen molar-refractivity contribution in [2.24, 2.45) is 11.8 Å². The van der Waals surface area contributed by atoms with Gasteiger partial charge in [-0.2, -0.15) is 5.26 Å². The van der Waals surface area contributed by atoms with Crippen molar-refractivity contribution in [1.29, 1.82) is 5.26 Å². The highest BCUT2D eigenvalue weighted by Crippen LogP contribution is 2.18. The van der Waals surface area contributed by atoms with Gasteiger partial charge in [0.25, 0.3) is 0 Å². The SMILES string of the molecule is CC(C)C[C@H](NC(=O)[C@@H](NC(=O)OCc1ccccc1)C(C)OC(C)(C)C)C(=O)N[C@H](/C=C/C#N)C[C@@H]1CCNC1=O. The molecule has 0 bridgehead atoms. The molecule has 0 aromatic heterocycles. The van der Waals surface area contributed by atoms with E-state index in [2.05, 4.69) is 21.3 Å². The van der Waals surface area contributed by atoms with Crippen molar-refractivity contribution in [1.82, 2.24) is 21.3 Å². The van der Waals surface area contributed by atoms with Gasteiger partial charge in [-0.1, -0.05) is 50.3 Å². The highest BCUT2D eigenvalue weighted by molar-refractivity contribution is 5.92. The van der Waals surface area contributed by atoms with Crippen LogP contribution in [0.1, 0.15) is 66.4 Å². The van der Waals surface area contributed by atoms with Crippen molar-refractivity contribution in [2.45, 2.75) is 97.2 Å². The summed E-state index contributed by atoms with van der Waals surface area (Å²) in [7, 11) is 0. The Morgan fingerprint density at radius 1 is 1.10 bits per heavy atom. The first-order chi connectivity index (χ1) is 19.8. The van der Waals surface area contributed by atoms with Gasteiger partial charge in [0.15, 0.2) is 0 Å². The fourth-order valence-electron chi connectivity index (χ4n) is 4.68. The zero-order valence-corrected chi connectivity index (χ0v) is 25.4. The van der Waals surface area contributed by atoms with Crippen molar-refractivity contribution < 1.29 is 28.7 Å². The maximum Gasteiger partial charge on any atom is 0.408 e. The lowest BCUT2D eigenvalue weighted by Crippen LogP contribution is -2.59. The summed E-state index contributed by atoms with van der Waals surface area (Å²) in [6.07, 6.45) is 2.53. The number of allylic oxidation sites excluding steroid dienone is 1. The molecule has 5 atom stereocenters. The lowest BCUT2D eigenvalue weighted by Gasteiger charge is -2.32. The quantitative estimate of drug-likeness (QED) is 0.245. The molecule has 4 amide bonds. The molecule has 1 aliphatic rings. The maximum atomic E-state index is 13.6. The largest absolute Gasteiger partial charge is 0.445 e. The van der Waals surface area contributed by atoms with Crippen LogP contribution in [0.25, 0.3) is 0 Å². The smallest absolute Gasteiger partial charge is 0.408 e. The molecule has 1 saturated heterocycles. The molecule has 1 aliphatic heterocycles. The number of rotatable bonds is 14. The molecule has 0 saturated carbocycles. The van der Waals surface area contributed by atoms with E-state index in [1.165, 1.54) is 6.08 Å². The van der Waals surface area contributed by atoms with Gasteiger partial charge in [0.1, 0.15) is 18.7 Å². The molecule has 4 N–H and O–H groups in total. The lowest BCUT2D eigenvalue weighted by molar-refractivity contribution is -0.135. The molecular weight excluding hydrogens is 538 g/mol. The Kier molecular flexibility index (Phi) is 13.5. The third kappa shape index (κ3) is 12.3. The molecule has 1 fully saturated rings. The van der Waals surface area contributed by atoms with E-state index in [-0.39, 0.29) is 24.3 Å². The number of amides is 4. The predicted molar refractivity (Wildman–Crippen MR) is 158 cm³/mol. The molecule has 0 spiro atoms. The van der Waals surface area contributed by atoms with E-state index in [1.807, 2.05) is 71.0 Å². The van der Waals surface area contributed by atoms with E-state index in [1.54, 1.807) is 13.0 Å². The fraction of sp³-hybridized carbons (Fsp3) is 0.581. The average Bonchev–Trinajstić information content (AvgIpc) is 3.31. The van der Waals surface area contributed by atoms with Gasteiger partial charge in [0, 0.05) is 24.6 Å². The normalized spacial score (nSPS) is 18.0. The minimum atomic E-state index is -1.16. The number of hydrogen-bond acceptors (Lipinski definition) is 7. The molecule has 2 rings (SSSR count). The Bertz CT molecular complexity index is 1120. The number of nitrogens with one attached hydrogen (secondary N) is 4. The van der Waals surface area contributed by atoms with Crippen LogP contribution in [-0.4, -0.2) is 60.2 Å². The zero-order valence-electron chi connectivity index (χ0n) is 25.4. The molecule has 0 aliphatic carbocycles. The standard InChI is InChI=1S/C31H45N5O6/c1-20(2)17-25(28(38)34-24(13-10-15-32)18-23-14-16-33-27(23)37)35-29(39)26(21(3)42-31(4,5)6)36-30(40)41-19-22-11-8-7-9-12-22/h7-13,20-21,23-26H,14,16-19H2,1-6H3,(H,33,37)(H,34,38)(H,35,39)(H,36,40)/b13-10+/t21?,23-,24+,25-,26-/m0/s1. The Morgan fingerprint density at radius 3 is 2.36 bits per heavy atom. The minimum Gasteiger partial charge on any atom is -0.445 e. The summed E-state index contributed by atoms with van der Waals surface area (Å²) in [6.45, 7) is 11.6. The Hall–Kier alpha value is -3.91. The van der Waals surface area contributed by atoms with Crippen LogP contribution in [0.4, 0.5) is 4.79 Å².